The molecule has 2 heterocycles. The van der Waals surface area contributed by atoms with Crippen molar-refractivity contribution in [3.8, 4) is 0 Å². The number of pyridine rings is 1. The average Bonchev–Trinajstić information content (AvgIpc) is 2.44. The van der Waals surface area contributed by atoms with Crippen LogP contribution in [-0.4, -0.2) is 25.7 Å². The van der Waals surface area contributed by atoms with E-state index >= 15 is 0 Å². The molecule has 13 heavy (non-hydrogen) atoms. The largest absolute Gasteiger partial charge is 0.481 e. The van der Waals surface area contributed by atoms with Gasteiger partial charge in [-0.15, -0.1) is 0 Å². The summed E-state index contributed by atoms with van der Waals surface area (Å²) in [5, 5.41) is 12.5. The molecular weight excluding hydrogens is 170 g/mol. The molecule has 0 amide bonds. The van der Waals surface area contributed by atoms with Gasteiger partial charge in [0, 0.05) is 6.20 Å². The monoisotopic (exact) mass is 177 g/mol. The van der Waals surface area contributed by atoms with Crippen molar-refractivity contribution in [2.24, 2.45) is 0 Å². The number of nitrogens with zero attached hydrogens (tertiary/aromatic N) is 3. The van der Waals surface area contributed by atoms with Crippen molar-refractivity contribution in [2.45, 2.75) is 6.42 Å². The first-order valence-corrected chi connectivity index (χ1v) is 3.78. The van der Waals surface area contributed by atoms with Crippen molar-refractivity contribution < 1.29 is 9.90 Å². The van der Waals surface area contributed by atoms with Gasteiger partial charge in [0.1, 0.15) is 6.42 Å². The molecule has 66 valence electrons. The van der Waals surface area contributed by atoms with Gasteiger partial charge in [-0.25, -0.2) is 9.50 Å². The first-order valence-electron chi connectivity index (χ1n) is 3.78. The normalized spacial score (nSPS) is 10.5. The summed E-state index contributed by atoms with van der Waals surface area (Å²) in [6.45, 7) is 0. The van der Waals surface area contributed by atoms with Crippen LogP contribution < -0.4 is 0 Å². The van der Waals surface area contributed by atoms with Crippen molar-refractivity contribution in [2.75, 3.05) is 0 Å². The third-order valence-electron chi connectivity index (χ3n) is 1.59. The van der Waals surface area contributed by atoms with Crippen molar-refractivity contribution >= 4 is 11.6 Å². The first-order chi connectivity index (χ1) is 6.25. The molecule has 0 bridgehead atoms. The quantitative estimate of drug-likeness (QED) is 0.719. The van der Waals surface area contributed by atoms with Gasteiger partial charge in [-0.1, -0.05) is 6.07 Å². The number of aliphatic carboxylic acids is 1. The minimum atomic E-state index is -0.920. The van der Waals surface area contributed by atoms with E-state index < -0.39 is 5.97 Å². The number of aromatic nitrogens is 3. The van der Waals surface area contributed by atoms with E-state index in [2.05, 4.69) is 10.1 Å². The van der Waals surface area contributed by atoms with Crippen LogP contribution in [0.1, 0.15) is 5.82 Å². The molecule has 1 N–H and O–H groups in total. The highest BCUT2D eigenvalue weighted by Gasteiger charge is 2.06. The molecule has 0 spiro atoms. The third-order valence-corrected chi connectivity index (χ3v) is 1.59. The van der Waals surface area contributed by atoms with Gasteiger partial charge in [0.25, 0.3) is 0 Å². The lowest BCUT2D eigenvalue weighted by molar-refractivity contribution is -0.136. The van der Waals surface area contributed by atoms with E-state index in [-0.39, 0.29) is 6.42 Å². The minimum Gasteiger partial charge on any atom is -0.481 e. The van der Waals surface area contributed by atoms with Gasteiger partial charge in [-0.3, -0.25) is 4.79 Å². The lowest BCUT2D eigenvalue weighted by Crippen LogP contribution is -2.01. The molecule has 0 aliphatic heterocycles. The molecule has 5 nitrogen and oxygen atoms in total. The number of carboxylic acid groups (broad SMARTS) is 1. The van der Waals surface area contributed by atoms with Crippen LogP contribution in [0, 0.1) is 0 Å². The van der Waals surface area contributed by atoms with Crippen LogP contribution in [0.15, 0.2) is 24.4 Å². The zero-order valence-electron chi connectivity index (χ0n) is 6.71. The Kier molecular flexibility index (Phi) is 1.70. The van der Waals surface area contributed by atoms with Gasteiger partial charge in [0.15, 0.2) is 11.5 Å². The van der Waals surface area contributed by atoms with E-state index in [1.54, 1.807) is 16.8 Å². The van der Waals surface area contributed by atoms with Crippen LogP contribution in [0.3, 0.4) is 0 Å². The molecule has 2 rings (SSSR count). The summed E-state index contributed by atoms with van der Waals surface area (Å²) in [6, 6.07) is 5.42. The van der Waals surface area contributed by atoms with Gasteiger partial charge in [-0.05, 0) is 12.1 Å². The second kappa shape index (κ2) is 2.85. The Balaban J connectivity index is 2.44. The molecule has 5 heteroatoms. The Hall–Kier alpha value is -1.91. The highest BCUT2D eigenvalue weighted by atomic mass is 16.4. The molecule has 0 saturated carbocycles. The number of carboxylic acids is 1. The van der Waals surface area contributed by atoms with Crippen LogP contribution in [0.25, 0.3) is 5.65 Å². The number of rotatable bonds is 2. The maximum absolute atomic E-state index is 10.4. The van der Waals surface area contributed by atoms with Crippen LogP contribution in [0.2, 0.25) is 0 Å². The summed E-state index contributed by atoms with van der Waals surface area (Å²) in [5.41, 5.74) is 0.666. The predicted octanol–water partition coefficient (Wildman–Crippen LogP) is 0.356. The predicted molar refractivity (Wildman–Crippen MR) is 44.3 cm³/mol. The molecule has 0 fully saturated rings. The maximum atomic E-state index is 10.4. The van der Waals surface area contributed by atoms with Crippen LogP contribution in [0.5, 0.6) is 0 Å². The highest BCUT2D eigenvalue weighted by Crippen LogP contribution is 2.00. The molecule has 0 aromatic carbocycles. The Morgan fingerprint density at radius 2 is 2.38 bits per heavy atom. The Labute approximate surface area is 73.6 Å². The van der Waals surface area contributed by atoms with Gasteiger partial charge in [-0.2, -0.15) is 5.10 Å². The Morgan fingerprint density at radius 3 is 3.08 bits per heavy atom. The summed E-state index contributed by atoms with van der Waals surface area (Å²) >= 11 is 0. The topological polar surface area (TPSA) is 67.5 Å². The molecule has 0 aliphatic carbocycles. The zero-order valence-corrected chi connectivity index (χ0v) is 6.71. The summed E-state index contributed by atoms with van der Waals surface area (Å²) in [4.78, 5) is 14.4. The lowest BCUT2D eigenvalue weighted by atomic mass is 10.4. The van der Waals surface area contributed by atoms with E-state index in [1.165, 1.54) is 0 Å². The molecule has 2 aromatic heterocycles. The van der Waals surface area contributed by atoms with Gasteiger partial charge in [0.05, 0.1) is 0 Å². The standard InChI is InChI=1S/C8H7N3O2/c12-8(13)5-6-9-7-3-1-2-4-11(7)10-6/h1-4H,5H2,(H,12,13). The fraction of sp³-hybridized carbons (Fsp3) is 0.125. The fourth-order valence-electron chi connectivity index (χ4n) is 1.09. The van der Waals surface area contributed by atoms with Gasteiger partial charge in [0.2, 0.25) is 0 Å². The number of carbonyl (C=O) groups is 1. The average molecular weight is 177 g/mol. The highest BCUT2D eigenvalue weighted by molar-refractivity contribution is 5.69. The zero-order chi connectivity index (χ0) is 9.26. The van der Waals surface area contributed by atoms with Crippen LogP contribution in [0.4, 0.5) is 0 Å². The van der Waals surface area contributed by atoms with Crippen molar-refractivity contribution in [3.63, 3.8) is 0 Å². The fourth-order valence-corrected chi connectivity index (χ4v) is 1.09. The van der Waals surface area contributed by atoms with E-state index in [9.17, 15) is 4.79 Å². The smallest absolute Gasteiger partial charge is 0.311 e. The van der Waals surface area contributed by atoms with Gasteiger partial charge < -0.3 is 5.11 Å². The maximum Gasteiger partial charge on any atom is 0.311 e. The summed E-state index contributed by atoms with van der Waals surface area (Å²) < 4.78 is 1.55. The SMILES string of the molecule is O=C(O)Cc1nc2ccccn2n1. The van der Waals surface area contributed by atoms with E-state index in [0.717, 1.165) is 0 Å². The van der Waals surface area contributed by atoms with Crippen LogP contribution >= 0.6 is 0 Å². The molecule has 0 saturated heterocycles. The summed E-state index contributed by atoms with van der Waals surface area (Å²) in [7, 11) is 0. The number of hydrogen-bond acceptors (Lipinski definition) is 3. The Morgan fingerprint density at radius 1 is 1.54 bits per heavy atom. The first kappa shape index (κ1) is 7.72. The summed E-state index contributed by atoms with van der Waals surface area (Å²) in [5.74, 6) is -0.588. The molecular formula is C8H7N3O2. The van der Waals surface area contributed by atoms with Crippen molar-refractivity contribution in [1.29, 1.82) is 0 Å². The molecule has 0 aliphatic rings. The number of fused-ring (bicyclic) bond motifs is 1. The van der Waals surface area contributed by atoms with Crippen molar-refractivity contribution in [1.82, 2.24) is 14.6 Å². The van der Waals surface area contributed by atoms with E-state index in [0.29, 0.717) is 11.5 Å². The molecule has 0 radical (unpaired) electrons. The lowest BCUT2D eigenvalue weighted by Gasteiger charge is -1.85. The third kappa shape index (κ3) is 1.48. The van der Waals surface area contributed by atoms with Crippen molar-refractivity contribution in [3.05, 3.63) is 30.2 Å². The van der Waals surface area contributed by atoms with E-state index in [1.807, 2.05) is 12.1 Å². The number of hydrogen-bond donors (Lipinski definition) is 1. The second-order valence-electron chi connectivity index (χ2n) is 2.60. The molecule has 2 aromatic rings. The Bertz CT molecular complexity index is 416. The van der Waals surface area contributed by atoms with E-state index in [4.69, 9.17) is 5.11 Å². The molecule has 0 unspecified atom stereocenters. The van der Waals surface area contributed by atoms with Crippen LogP contribution in [-0.2, 0) is 11.2 Å². The molecule has 0 atom stereocenters. The minimum absolute atomic E-state index is 0.137. The summed E-state index contributed by atoms with van der Waals surface area (Å²) in [6.07, 6.45) is 1.59. The second-order valence-corrected chi connectivity index (χ2v) is 2.60. The van der Waals surface area contributed by atoms with Gasteiger partial charge >= 0.3 is 5.97 Å².